The maximum absolute atomic E-state index is 8.89. The number of piperidine rings is 1. The minimum atomic E-state index is -1.08. The zero-order valence-corrected chi connectivity index (χ0v) is 14.0. The van der Waals surface area contributed by atoms with Gasteiger partial charge in [0.25, 0.3) is 0 Å². The van der Waals surface area contributed by atoms with E-state index in [0.717, 1.165) is 6.92 Å². The fourth-order valence-electron chi connectivity index (χ4n) is 2.95. The van der Waals surface area contributed by atoms with Crippen LogP contribution in [0.1, 0.15) is 78.1 Å². The van der Waals surface area contributed by atoms with Crippen molar-refractivity contribution in [1.82, 2.24) is 0 Å². The SMILES string of the molecule is CC(=O)[O-].CCCCCCCCC[N+]1(C)CCCCC1. The Hall–Kier alpha value is -0.570. The molecule has 0 radical (unpaired) electrons. The summed E-state index contributed by atoms with van der Waals surface area (Å²) in [7, 11) is 2.47. The molecule has 0 unspecified atom stereocenters. The van der Waals surface area contributed by atoms with Crippen LogP contribution in [0.3, 0.4) is 0 Å². The molecule has 1 heterocycles. The first kappa shape index (κ1) is 19.4. The molecule has 1 aliphatic rings. The average Bonchev–Trinajstić information content (AvgIpc) is 2.38. The summed E-state index contributed by atoms with van der Waals surface area (Å²) in [6.07, 6.45) is 14.5. The monoisotopic (exact) mass is 285 g/mol. The van der Waals surface area contributed by atoms with Gasteiger partial charge in [-0.3, -0.25) is 0 Å². The molecule has 1 aliphatic heterocycles. The van der Waals surface area contributed by atoms with E-state index in [-0.39, 0.29) is 0 Å². The van der Waals surface area contributed by atoms with Crippen LogP contribution in [-0.2, 0) is 4.79 Å². The first-order valence-electron chi connectivity index (χ1n) is 8.51. The molecule has 20 heavy (non-hydrogen) atoms. The third-order valence-electron chi connectivity index (χ3n) is 4.20. The standard InChI is InChI=1S/C15H32N.C2H4O2/c1-3-4-5-6-7-8-10-13-16(2)14-11-9-12-15-16;1-2(3)4/h3-15H2,1-2H3;1H3,(H,3,4)/q+1;/p-1. The highest BCUT2D eigenvalue weighted by molar-refractivity contribution is 5.60. The molecule has 0 atom stereocenters. The van der Waals surface area contributed by atoms with Gasteiger partial charge in [-0.25, -0.2) is 0 Å². The van der Waals surface area contributed by atoms with Gasteiger partial charge >= 0.3 is 0 Å². The van der Waals surface area contributed by atoms with Crippen LogP contribution in [0.15, 0.2) is 0 Å². The lowest BCUT2D eigenvalue weighted by Gasteiger charge is -2.37. The summed E-state index contributed by atoms with van der Waals surface area (Å²) in [5.41, 5.74) is 0. The van der Waals surface area contributed by atoms with Gasteiger partial charge in [0, 0.05) is 5.97 Å². The molecule has 0 aromatic heterocycles. The second kappa shape index (κ2) is 12.2. The van der Waals surface area contributed by atoms with Gasteiger partial charge in [-0.2, -0.15) is 0 Å². The van der Waals surface area contributed by atoms with E-state index in [4.69, 9.17) is 9.90 Å². The number of nitrogens with zero attached hydrogens (tertiary/aromatic N) is 1. The van der Waals surface area contributed by atoms with Crippen molar-refractivity contribution in [2.24, 2.45) is 0 Å². The molecule has 0 bridgehead atoms. The molecule has 0 spiro atoms. The molecule has 1 rings (SSSR count). The van der Waals surface area contributed by atoms with Crippen molar-refractivity contribution in [3.8, 4) is 0 Å². The molecule has 0 N–H and O–H groups in total. The van der Waals surface area contributed by atoms with E-state index in [1.165, 1.54) is 88.3 Å². The van der Waals surface area contributed by atoms with Crippen LogP contribution in [0.5, 0.6) is 0 Å². The number of hydrogen-bond donors (Lipinski definition) is 0. The number of aliphatic carboxylic acids is 1. The molecule has 1 saturated heterocycles. The molecule has 0 aliphatic carbocycles. The van der Waals surface area contributed by atoms with E-state index in [9.17, 15) is 0 Å². The Morgan fingerprint density at radius 1 is 0.950 bits per heavy atom. The van der Waals surface area contributed by atoms with Gasteiger partial charge in [0.1, 0.15) is 0 Å². The zero-order valence-electron chi connectivity index (χ0n) is 14.0. The fourth-order valence-corrected chi connectivity index (χ4v) is 2.95. The van der Waals surface area contributed by atoms with Gasteiger partial charge in [0.05, 0.1) is 26.7 Å². The van der Waals surface area contributed by atoms with Crippen LogP contribution in [0.25, 0.3) is 0 Å². The number of carboxylic acid groups (broad SMARTS) is 1. The minimum Gasteiger partial charge on any atom is -0.550 e. The maximum Gasteiger partial charge on any atom is 0.0784 e. The molecule has 0 aromatic carbocycles. The number of carbonyl (C=O) groups excluding carboxylic acids is 1. The van der Waals surface area contributed by atoms with E-state index in [1.54, 1.807) is 0 Å². The Labute approximate surface area is 126 Å². The fraction of sp³-hybridized carbons (Fsp3) is 0.941. The lowest BCUT2D eigenvalue weighted by atomic mass is 10.1. The minimum absolute atomic E-state index is 0.972. The quantitative estimate of drug-likeness (QED) is 0.508. The number of carbonyl (C=O) groups is 1. The second-order valence-corrected chi connectivity index (χ2v) is 6.46. The number of quaternary nitrogens is 1. The van der Waals surface area contributed by atoms with Gasteiger partial charge in [0.15, 0.2) is 0 Å². The summed E-state index contributed by atoms with van der Waals surface area (Å²) < 4.78 is 1.37. The predicted octanol–water partition coefficient (Wildman–Crippen LogP) is 3.12. The lowest BCUT2D eigenvalue weighted by Crippen LogP contribution is -2.48. The Balaban J connectivity index is 0.000000796. The van der Waals surface area contributed by atoms with Crippen LogP contribution < -0.4 is 5.11 Å². The highest BCUT2D eigenvalue weighted by Crippen LogP contribution is 2.18. The lowest BCUT2D eigenvalue weighted by molar-refractivity contribution is -0.914. The van der Waals surface area contributed by atoms with Crippen LogP contribution in [0.2, 0.25) is 0 Å². The van der Waals surface area contributed by atoms with Crippen molar-refractivity contribution < 1.29 is 14.4 Å². The van der Waals surface area contributed by atoms with Crippen molar-refractivity contribution in [2.75, 3.05) is 26.7 Å². The molecular weight excluding hydrogens is 250 g/mol. The third-order valence-corrected chi connectivity index (χ3v) is 4.20. The van der Waals surface area contributed by atoms with Gasteiger partial charge < -0.3 is 14.4 Å². The van der Waals surface area contributed by atoms with E-state index >= 15 is 0 Å². The third kappa shape index (κ3) is 12.5. The average molecular weight is 285 g/mol. The van der Waals surface area contributed by atoms with E-state index < -0.39 is 5.97 Å². The number of rotatable bonds is 8. The van der Waals surface area contributed by atoms with Crippen molar-refractivity contribution in [1.29, 1.82) is 0 Å². The Morgan fingerprint density at radius 3 is 1.90 bits per heavy atom. The van der Waals surface area contributed by atoms with Gasteiger partial charge in [0.2, 0.25) is 0 Å². The largest absolute Gasteiger partial charge is 0.550 e. The smallest absolute Gasteiger partial charge is 0.0784 e. The molecule has 1 fully saturated rings. The highest BCUT2D eigenvalue weighted by Gasteiger charge is 2.23. The normalized spacial score (nSPS) is 17.1. The Bertz CT molecular complexity index is 231. The molecule has 0 aromatic rings. The first-order valence-corrected chi connectivity index (χ1v) is 8.51. The molecule has 3 heteroatoms. The van der Waals surface area contributed by atoms with Gasteiger partial charge in [-0.05, 0) is 39.0 Å². The van der Waals surface area contributed by atoms with Gasteiger partial charge in [-0.1, -0.05) is 39.0 Å². The number of unbranched alkanes of at least 4 members (excludes halogenated alkanes) is 6. The van der Waals surface area contributed by atoms with E-state index in [2.05, 4.69) is 14.0 Å². The van der Waals surface area contributed by atoms with Crippen LogP contribution in [0, 0.1) is 0 Å². The summed E-state index contributed by atoms with van der Waals surface area (Å²) in [6.45, 7) is 7.58. The van der Waals surface area contributed by atoms with Crippen molar-refractivity contribution in [3.63, 3.8) is 0 Å². The van der Waals surface area contributed by atoms with Crippen molar-refractivity contribution in [3.05, 3.63) is 0 Å². The summed E-state index contributed by atoms with van der Waals surface area (Å²) in [5, 5.41) is 8.89. The molecular formula is C17H35NO2. The van der Waals surface area contributed by atoms with E-state index in [1.807, 2.05) is 0 Å². The van der Waals surface area contributed by atoms with E-state index in [0.29, 0.717) is 0 Å². The number of likely N-dealkylation sites (tertiary alicyclic amines) is 1. The topological polar surface area (TPSA) is 40.1 Å². The van der Waals surface area contributed by atoms with Crippen LogP contribution in [0.4, 0.5) is 0 Å². The summed E-state index contributed by atoms with van der Waals surface area (Å²) in [4.78, 5) is 8.89. The number of carboxylic acids is 1. The molecule has 0 amide bonds. The van der Waals surface area contributed by atoms with Crippen molar-refractivity contribution in [2.45, 2.75) is 78.1 Å². The Kier molecular flexibility index (Phi) is 11.8. The van der Waals surface area contributed by atoms with Crippen LogP contribution in [-0.4, -0.2) is 37.1 Å². The molecule has 3 nitrogen and oxygen atoms in total. The second-order valence-electron chi connectivity index (χ2n) is 6.46. The van der Waals surface area contributed by atoms with Crippen LogP contribution >= 0.6 is 0 Å². The summed E-state index contributed by atoms with van der Waals surface area (Å²) >= 11 is 0. The molecule has 120 valence electrons. The zero-order chi connectivity index (χ0) is 15.3. The molecule has 0 saturated carbocycles. The predicted molar refractivity (Wildman–Crippen MR) is 83.3 cm³/mol. The summed E-state index contributed by atoms with van der Waals surface area (Å²) in [6, 6.07) is 0. The Morgan fingerprint density at radius 2 is 1.40 bits per heavy atom. The highest BCUT2D eigenvalue weighted by atomic mass is 16.4. The van der Waals surface area contributed by atoms with Crippen molar-refractivity contribution >= 4 is 5.97 Å². The summed E-state index contributed by atoms with van der Waals surface area (Å²) in [5.74, 6) is -1.08. The first-order chi connectivity index (χ1) is 9.50. The maximum atomic E-state index is 8.89. The van der Waals surface area contributed by atoms with Gasteiger partial charge in [-0.15, -0.1) is 0 Å². The number of hydrogen-bond acceptors (Lipinski definition) is 2.